The summed E-state index contributed by atoms with van der Waals surface area (Å²) in [5.74, 6) is -0.581. The summed E-state index contributed by atoms with van der Waals surface area (Å²) < 4.78 is 6.12. The Morgan fingerprint density at radius 3 is 2.56 bits per heavy atom. The van der Waals surface area contributed by atoms with E-state index in [2.05, 4.69) is 22.6 Å². The van der Waals surface area contributed by atoms with Gasteiger partial charge in [0.05, 0.1) is 5.56 Å². The van der Waals surface area contributed by atoms with E-state index in [0.717, 1.165) is 9.14 Å². The highest BCUT2D eigenvalue weighted by atomic mass is 127. The van der Waals surface area contributed by atoms with Crippen LogP contribution in [0.1, 0.15) is 35.2 Å². The summed E-state index contributed by atoms with van der Waals surface area (Å²) in [5.41, 5.74) is 1.36. The van der Waals surface area contributed by atoms with Crippen LogP contribution in [0, 0.1) is 0 Å². The Hall–Kier alpha value is -1.37. The number of rotatable bonds is 4. The van der Waals surface area contributed by atoms with Crippen molar-refractivity contribution in [2.75, 3.05) is 0 Å². The predicted molar refractivity (Wildman–Crippen MR) is 74.3 cm³/mol. The highest BCUT2D eigenvalue weighted by Crippen LogP contribution is 2.35. The molecule has 0 spiro atoms. The van der Waals surface area contributed by atoms with E-state index in [0.29, 0.717) is 24.2 Å². The van der Waals surface area contributed by atoms with Crippen LogP contribution in [-0.4, -0.2) is 17.0 Å². The molecule has 2 rings (SSSR count). The van der Waals surface area contributed by atoms with E-state index in [1.165, 1.54) is 0 Å². The van der Waals surface area contributed by atoms with Crippen LogP contribution in [0.3, 0.4) is 0 Å². The third-order valence-electron chi connectivity index (χ3n) is 2.62. The van der Waals surface area contributed by atoms with Crippen molar-refractivity contribution in [3.05, 3.63) is 39.0 Å². The number of ether oxygens (including phenoxy) is 1. The van der Waals surface area contributed by atoms with Crippen LogP contribution in [0.2, 0.25) is 0 Å². The van der Waals surface area contributed by atoms with E-state index in [9.17, 15) is 9.59 Å². The van der Waals surface area contributed by atoms with Gasteiger partial charge in [-0.15, -0.1) is 0 Å². The third-order valence-corrected chi connectivity index (χ3v) is 3.65. The van der Waals surface area contributed by atoms with Crippen LogP contribution in [-0.2, 0) is 9.53 Å². The first-order valence-electron chi connectivity index (χ1n) is 5.51. The van der Waals surface area contributed by atoms with Gasteiger partial charge >= 0.3 is 11.9 Å². The number of carboxylic acid groups (broad SMARTS) is 1. The van der Waals surface area contributed by atoms with Crippen LogP contribution in [0.15, 0.2) is 27.8 Å². The Kier molecular flexibility index (Phi) is 4.00. The maximum Gasteiger partial charge on any atom is 0.344 e. The van der Waals surface area contributed by atoms with Crippen molar-refractivity contribution in [3.8, 4) is 0 Å². The van der Waals surface area contributed by atoms with Crippen molar-refractivity contribution in [2.24, 2.45) is 0 Å². The summed E-state index contributed by atoms with van der Waals surface area (Å²) in [6, 6.07) is 7.21. The number of aliphatic carboxylic acids is 1. The summed E-state index contributed by atoms with van der Waals surface area (Å²) in [7, 11) is 0. The molecule has 0 amide bonds. The van der Waals surface area contributed by atoms with E-state index in [1.54, 1.807) is 12.1 Å². The molecule has 1 aromatic carbocycles. The number of halogens is 1. The van der Waals surface area contributed by atoms with Gasteiger partial charge in [-0.2, -0.15) is 0 Å². The number of hydrogen-bond acceptors (Lipinski definition) is 3. The second kappa shape index (κ2) is 5.51. The Labute approximate surface area is 118 Å². The molecule has 0 saturated heterocycles. The topological polar surface area (TPSA) is 63.6 Å². The van der Waals surface area contributed by atoms with Gasteiger partial charge in [0.15, 0.2) is 0 Å². The SMILES string of the molecule is O=C(O)CCC/C(I)=C1\OC(=O)c2ccccc21. The van der Waals surface area contributed by atoms with E-state index in [1.807, 2.05) is 12.1 Å². The van der Waals surface area contributed by atoms with Gasteiger partial charge in [-0.3, -0.25) is 4.79 Å². The summed E-state index contributed by atoms with van der Waals surface area (Å²) in [6.45, 7) is 0. The third kappa shape index (κ3) is 2.72. The van der Waals surface area contributed by atoms with Crippen molar-refractivity contribution in [2.45, 2.75) is 19.3 Å². The summed E-state index contributed by atoms with van der Waals surface area (Å²) in [5, 5.41) is 8.59. The minimum atomic E-state index is -0.812. The van der Waals surface area contributed by atoms with Gasteiger partial charge in [0.1, 0.15) is 5.76 Å². The lowest BCUT2D eigenvalue weighted by molar-refractivity contribution is -0.137. The van der Waals surface area contributed by atoms with E-state index in [-0.39, 0.29) is 12.4 Å². The predicted octanol–water partition coefficient (Wildman–Crippen LogP) is 3.22. The lowest BCUT2D eigenvalue weighted by atomic mass is 10.1. The fraction of sp³-hybridized carbons (Fsp3) is 0.231. The Balaban J connectivity index is 2.19. The molecule has 0 aromatic heterocycles. The van der Waals surface area contributed by atoms with E-state index < -0.39 is 5.97 Å². The number of hydrogen-bond donors (Lipinski definition) is 1. The second-order valence-corrected chi connectivity index (χ2v) is 5.22. The lowest BCUT2D eigenvalue weighted by Gasteiger charge is -2.03. The molecular weight excluding hydrogens is 347 g/mol. The zero-order valence-corrected chi connectivity index (χ0v) is 11.6. The number of fused-ring (bicyclic) bond motifs is 1. The molecule has 1 heterocycles. The molecule has 0 radical (unpaired) electrons. The number of allylic oxidation sites excluding steroid dienone is 1. The Morgan fingerprint density at radius 1 is 1.22 bits per heavy atom. The highest BCUT2D eigenvalue weighted by Gasteiger charge is 2.27. The first-order chi connectivity index (χ1) is 8.59. The van der Waals surface area contributed by atoms with E-state index in [4.69, 9.17) is 9.84 Å². The number of benzene rings is 1. The fourth-order valence-electron chi connectivity index (χ4n) is 1.77. The normalized spacial score (nSPS) is 16.2. The van der Waals surface area contributed by atoms with Gasteiger partial charge in [-0.25, -0.2) is 4.79 Å². The number of esters is 1. The molecule has 94 valence electrons. The first kappa shape index (κ1) is 13.1. The van der Waals surface area contributed by atoms with Gasteiger partial charge in [-0.1, -0.05) is 18.2 Å². The molecule has 0 saturated carbocycles. The molecule has 1 aliphatic heterocycles. The van der Waals surface area contributed by atoms with Crippen molar-refractivity contribution < 1.29 is 19.4 Å². The minimum absolute atomic E-state index is 0.120. The molecule has 5 heteroatoms. The van der Waals surface area contributed by atoms with Gasteiger partial charge in [0, 0.05) is 15.6 Å². The van der Waals surface area contributed by atoms with Crippen LogP contribution in [0.25, 0.3) is 5.76 Å². The standard InChI is InChI=1S/C13H11IO4/c14-10(6-3-7-11(15)16)12-8-4-1-2-5-9(8)13(17)18-12/h1-2,4-5H,3,6-7H2,(H,15,16)/b12-10+. The smallest absolute Gasteiger partial charge is 0.344 e. The van der Waals surface area contributed by atoms with E-state index >= 15 is 0 Å². The van der Waals surface area contributed by atoms with Crippen molar-refractivity contribution in [1.29, 1.82) is 0 Å². The average Bonchev–Trinajstić information content (AvgIpc) is 2.67. The Bertz CT molecular complexity index is 534. The molecule has 1 N–H and O–H groups in total. The molecule has 1 aliphatic rings. The molecule has 0 fully saturated rings. The molecule has 18 heavy (non-hydrogen) atoms. The maximum absolute atomic E-state index is 11.6. The fourth-order valence-corrected chi connectivity index (χ4v) is 2.55. The molecule has 1 aromatic rings. The zero-order valence-electron chi connectivity index (χ0n) is 9.48. The van der Waals surface area contributed by atoms with Crippen molar-refractivity contribution in [1.82, 2.24) is 0 Å². The highest BCUT2D eigenvalue weighted by molar-refractivity contribution is 14.1. The minimum Gasteiger partial charge on any atom is -0.481 e. The van der Waals surface area contributed by atoms with Crippen LogP contribution >= 0.6 is 22.6 Å². The van der Waals surface area contributed by atoms with Crippen molar-refractivity contribution in [3.63, 3.8) is 0 Å². The van der Waals surface area contributed by atoms with Crippen LogP contribution in [0.4, 0.5) is 0 Å². The molecule has 0 atom stereocenters. The number of carboxylic acids is 1. The average molecular weight is 358 g/mol. The monoisotopic (exact) mass is 358 g/mol. The van der Waals surface area contributed by atoms with Crippen LogP contribution in [0.5, 0.6) is 0 Å². The molecular formula is C13H11IO4. The maximum atomic E-state index is 11.6. The largest absolute Gasteiger partial charge is 0.481 e. The quantitative estimate of drug-likeness (QED) is 0.663. The first-order valence-corrected chi connectivity index (χ1v) is 6.59. The van der Waals surface area contributed by atoms with Gasteiger partial charge in [0.25, 0.3) is 0 Å². The Morgan fingerprint density at radius 2 is 1.89 bits per heavy atom. The second-order valence-electron chi connectivity index (χ2n) is 3.92. The van der Waals surface area contributed by atoms with Gasteiger partial charge in [-0.05, 0) is 41.5 Å². The number of carbonyl (C=O) groups is 2. The van der Waals surface area contributed by atoms with Crippen LogP contribution < -0.4 is 0 Å². The van der Waals surface area contributed by atoms with Gasteiger partial charge in [0.2, 0.25) is 0 Å². The summed E-state index contributed by atoms with van der Waals surface area (Å²) in [4.78, 5) is 22.1. The summed E-state index contributed by atoms with van der Waals surface area (Å²) >= 11 is 2.11. The number of cyclic esters (lactones) is 1. The zero-order chi connectivity index (χ0) is 13.1. The molecule has 0 unspecified atom stereocenters. The number of carbonyl (C=O) groups excluding carboxylic acids is 1. The van der Waals surface area contributed by atoms with Crippen molar-refractivity contribution >= 4 is 40.3 Å². The molecule has 0 aliphatic carbocycles. The molecule has 4 nitrogen and oxygen atoms in total. The summed E-state index contributed by atoms with van der Waals surface area (Å²) in [6.07, 6.45) is 1.26. The lowest BCUT2D eigenvalue weighted by Crippen LogP contribution is -1.95. The van der Waals surface area contributed by atoms with Gasteiger partial charge < -0.3 is 9.84 Å². The molecule has 0 bridgehead atoms.